The summed E-state index contributed by atoms with van der Waals surface area (Å²) in [6.45, 7) is 7.85. The van der Waals surface area contributed by atoms with Crippen LogP contribution in [0.3, 0.4) is 0 Å². The van der Waals surface area contributed by atoms with E-state index < -0.39 is 0 Å². The van der Waals surface area contributed by atoms with Crippen molar-refractivity contribution >= 4 is 16.9 Å². The van der Waals surface area contributed by atoms with Crippen molar-refractivity contribution in [2.75, 3.05) is 19.6 Å². The van der Waals surface area contributed by atoms with Crippen LogP contribution in [0.4, 0.5) is 0 Å². The highest BCUT2D eigenvalue weighted by molar-refractivity contribution is 5.97. The Morgan fingerprint density at radius 1 is 1.17 bits per heavy atom. The lowest BCUT2D eigenvalue weighted by atomic mass is 9.95. The Bertz CT molecular complexity index is 960. The minimum atomic E-state index is -0.0655. The van der Waals surface area contributed by atoms with E-state index in [2.05, 4.69) is 51.7 Å². The van der Waals surface area contributed by atoms with E-state index in [0.29, 0.717) is 12.1 Å². The molecule has 0 saturated carbocycles. The molecule has 152 valence electrons. The summed E-state index contributed by atoms with van der Waals surface area (Å²) in [6.07, 6.45) is 2.42. The van der Waals surface area contributed by atoms with Crippen LogP contribution in [0, 0.1) is 5.92 Å². The number of aromatic nitrogens is 3. The van der Waals surface area contributed by atoms with Crippen molar-refractivity contribution in [1.29, 1.82) is 0 Å². The van der Waals surface area contributed by atoms with Gasteiger partial charge in [0.1, 0.15) is 5.52 Å². The summed E-state index contributed by atoms with van der Waals surface area (Å²) in [5.74, 6) is 0.713. The lowest BCUT2D eigenvalue weighted by Gasteiger charge is -2.37. The highest BCUT2D eigenvalue weighted by atomic mass is 16.1. The van der Waals surface area contributed by atoms with Gasteiger partial charge in [-0.2, -0.15) is 0 Å². The number of benzene rings is 2. The summed E-state index contributed by atoms with van der Waals surface area (Å²) in [5.41, 5.74) is 3.58. The van der Waals surface area contributed by atoms with E-state index in [9.17, 15) is 4.79 Å². The average molecular weight is 392 g/mol. The fourth-order valence-electron chi connectivity index (χ4n) is 4.11. The Morgan fingerprint density at radius 3 is 2.66 bits per heavy atom. The monoisotopic (exact) mass is 391 g/mol. The van der Waals surface area contributed by atoms with Gasteiger partial charge in [0.05, 0.1) is 11.6 Å². The second-order valence-corrected chi connectivity index (χ2v) is 7.96. The van der Waals surface area contributed by atoms with Crippen LogP contribution in [-0.2, 0) is 6.54 Å². The number of amides is 1. The second-order valence-electron chi connectivity index (χ2n) is 7.96. The van der Waals surface area contributed by atoms with Crippen LogP contribution in [0.2, 0.25) is 0 Å². The smallest absolute Gasteiger partial charge is 0.251 e. The molecule has 2 heterocycles. The first-order valence-corrected chi connectivity index (χ1v) is 10.6. The number of nitrogens with zero attached hydrogens (tertiary/aromatic N) is 4. The van der Waals surface area contributed by atoms with Crippen LogP contribution in [0.5, 0.6) is 0 Å². The van der Waals surface area contributed by atoms with E-state index in [-0.39, 0.29) is 11.9 Å². The highest BCUT2D eigenvalue weighted by Crippen LogP contribution is 2.26. The number of rotatable bonds is 6. The van der Waals surface area contributed by atoms with Gasteiger partial charge < -0.3 is 5.32 Å². The van der Waals surface area contributed by atoms with Crippen molar-refractivity contribution in [1.82, 2.24) is 25.2 Å². The number of fused-ring (bicyclic) bond motifs is 1. The van der Waals surface area contributed by atoms with Gasteiger partial charge in [0.2, 0.25) is 0 Å². The van der Waals surface area contributed by atoms with Crippen molar-refractivity contribution in [2.24, 2.45) is 5.92 Å². The van der Waals surface area contributed by atoms with E-state index >= 15 is 0 Å². The second kappa shape index (κ2) is 8.74. The van der Waals surface area contributed by atoms with Crippen LogP contribution in [-0.4, -0.2) is 45.4 Å². The Labute approximate surface area is 171 Å². The summed E-state index contributed by atoms with van der Waals surface area (Å²) < 4.78 is 1.83. The van der Waals surface area contributed by atoms with E-state index in [1.165, 1.54) is 18.4 Å². The number of hydrogen-bond acceptors (Lipinski definition) is 4. The zero-order valence-electron chi connectivity index (χ0n) is 17.2. The van der Waals surface area contributed by atoms with Crippen molar-refractivity contribution in [3.63, 3.8) is 0 Å². The third-order valence-corrected chi connectivity index (χ3v) is 5.97. The van der Waals surface area contributed by atoms with Crippen molar-refractivity contribution < 1.29 is 4.79 Å². The summed E-state index contributed by atoms with van der Waals surface area (Å²) >= 11 is 0. The summed E-state index contributed by atoms with van der Waals surface area (Å²) in [5, 5.41) is 11.5. The summed E-state index contributed by atoms with van der Waals surface area (Å²) in [6, 6.07) is 16.3. The van der Waals surface area contributed by atoms with Crippen LogP contribution >= 0.6 is 0 Å². The van der Waals surface area contributed by atoms with Gasteiger partial charge in [-0.1, -0.05) is 42.5 Å². The molecule has 0 bridgehead atoms. The molecule has 3 aromatic rings. The number of nitrogens with one attached hydrogen (secondary N) is 1. The van der Waals surface area contributed by atoms with Crippen molar-refractivity contribution in [3.8, 4) is 0 Å². The van der Waals surface area contributed by atoms with E-state index in [4.69, 9.17) is 0 Å². The fourth-order valence-corrected chi connectivity index (χ4v) is 4.11. The molecule has 0 spiro atoms. The zero-order valence-corrected chi connectivity index (χ0v) is 17.2. The first kappa shape index (κ1) is 19.6. The van der Waals surface area contributed by atoms with E-state index in [1.54, 1.807) is 0 Å². The molecule has 29 heavy (non-hydrogen) atoms. The molecule has 2 aromatic carbocycles. The Hall–Kier alpha value is -2.73. The van der Waals surface area contributed by atoms with Gasteiger partial charge in [0.15, 0.2) is 0 Å². The standard InChI is InChI=1S/C23H29N5O/c1-3-28-21-10-9-19(15-20(21)25-26-28)23(29)24-16-22(18-7-5-4-6-8-18)27-13-11-17(2)12-14-27/h4-10,15,17,22H,3,11-14,16H2,1-2H3,(H,24,29). The molecule has 1 atom stereocenters. The minimum Gasteiger partial charge on any atom is -0.350 e. The van der Waals surface area contributed by atoms with E-state index in [0.717, 1.165) is 36.6 Å². The topological polar surface area (TPSA) is 63.1 Å². The normalized spacial score (nSPS) is 16.8. The molecule has 1 aliphatic rings. The first-order chi connectivity index (χ1) is 14.2. The predicted octanol–water partition coefficient (Wildman–Crippen LogP) is 3.65. The fraction of sp³-hybridized carbons (Fsp3) is 0.435. The molecular weight excluding hydrogens is 362 g/mol. The minimum absolute atomic E-state index is 0.0655. The van der Waals surface area contributed by atoms with Crippen LogP contribution in [0.1, 0.15) is 48.7 Å². The highest BCUT2D eigenvalue weighted by Gasteiger charge is 2.25. The number of likely N-dealkylation sites (tertiary alicyclic amines) is 1. The van der Waals surface area contributed by atoms with E-state index in [1.807, 2.05) is 35.9 Å². The Morgan fingerprint density at radius 2 is 1.93 bits per heavy atom. The lowest BCUT2D eigenvalue weighted by Crippen LogP contribution is -2.42. The molecule has 1 N–H and O–H groups in total. The molecule has 0 radical (unpaired) electrons. The number of aryl methyl sites for hydroxylation is 1. The first-order valence-electron chi connectivity index (χ1n) is 10.6. The van der Waals surface area contributed by atoms with Crippen LogP contribution in [0.25, 0.3) is 11.0 Å². The quantitative estimate of drug-likeness (QED) is 0.697. The molecular formula is C23H29N5O. The van der Waals surface area contributed by atoms with Gasteiger partial charge in [-0.15, -0.1) is 5.10 Å². The van der Waals surface area contributed by atoms with Crippen molar-refractivity contribution in [3.05, 3.63) is 59.7 Å². The lowest BCUT2D eigenvalue weighted by molar-refractivity contribution is 0.0913. The summed E-state index contributed by atoms with van der Waals surface area (Å²) in [7, 11) is 0. The maximum absolute atomic E-state index is 12.9. The van der Waals surface area contributed by atoms with Gasteiger partial charge in [-0.05, 0) is 62.5 Å². The third-order valence-electron chi connectivity index (χ3n) is 5.97. The van der Waals surface area contributed by atoms with Crippen molar-refractivity contribution in [2.45, 2.75) is 39.3 Å². The molecule has 0 aliphatic carbocycles. The summed E-state index contributed by atoms with van der Waals surface area (Å²) in [4.78, 5) is 15.4. The molecule has 1 aliphatic heterocycles. The Kier molecular flexibility index (Phi) is 5.90. The molecule has 4 rings (SSSR count). The predicted molar refractivity (Wildman–Crippen MR) is 115 cm³/mol. The molecule has 6 heteroatoms. The number of carbonyl (C=O) groups excluding carboxylic acids is 1. The Balaban J connectivity index is 1.48. The van der Waals surface area contributed by atoms with Crippen LogP contribution < -0.4 is 5.32 Å². The van der Waals surface area contributed by atoms with Gasteiger partial charge in [-0.25, -0.2) is 4.68 Å². The molecule has 1 saturated heterocycles. The molecule has 1 unspecified atom stereocenters. The number of hydrogen-bond donors (Lipinski definition) is 1. The zero-order chi connectivity index (χ0) is 20.2. The van der Waals surface area contributed by atoms with Gasteiger partial charge >= 0.3 is 0 Å². The molecule has 1 aromatic heterocycles. The van der Waals surface area contributed by atoms with Crippen LogP contribution in [0.15, 0.2) is 48.5 Å². The average Bonchev–Trinajstić information content (AvgIpc) is 3.18. The van der Waals surface area contributed by atoms with Gasteiger partial charge in [0.25, 0.3) is 5.91 Å². The third kappa shape index (κ3) is 4.32. The van der Waals surface area contributed by atoms with Gasteiger partial charge in [-0.3, -0.25) is 9.69 Å². The molecule has 1 amide bonds. The number of carbonyl (C=O) groups is 1. The van der Waals surface area contributed by atoms with Gasteiger partial charge in [0, 0.05) is 18.7 Å². The molecule has 1 fully saturated rings. The maximum atomic E-state index is 12.9. The SMILES string of the molecule is CCn1nnc2cc(C(=O)NCC(c3ccccc3)N3CCC(C)CC3)ccc21. The molecule has 6 nitrogen and oxygen atoms in total. The maximum Gasteiger partial charge on any atom is 0.251 e. The number of piperidine rings is 1. The largest absolute Gasteiger partial charge is 0.350 e.